The Bertz CT molecular complexity index is 254. The number of aliphatic carboxylic acids is 1. The monoisotopic (exact) mass is 228 g/mol. The van der Waals surface area contributed by atoms with Crippen molar-refractivity contribution >= 4 is 12.0 Å². The van der Waals surface area contributed by atoms with Crippen LogP contribution in [0.2, 0.25) is 0 Å². The smallest absolute Gasteiger partial charge is 0.315 e. The van der Waals surface area contributed by atoms with Crippen LogP contribution < -0.4 is 10.6 Å². The van der Waals surface area contributed by atoms with Gasteiger partial charge in [-0.1, -0.05) is 6.08 Å². The molecule has 0 saturated heterocycles. The summed E-state index contributed by atoms with van der Waals surface area (Å²) in [5.41, 5.74) is 0. The minimum Gasteiger partial charge on any atom is -0.481 e. The second-order valence-corrected chi connectivity index (χ2v) is 3.83. The third kappa shape index (κ3) is 7.84. The summed E-state index contributed by atoms with van der Waals surface area (Å²) in [6.07, 6.45) is 2.99. The zero-order chi connectivity index (χ0) is 12.6. The second-order valence-electron chi connectivity index (χ2n) is 3.83. The van der Waals surface area contributed by atoms with Crippen LogP contribution >= 0.6 is 0 Å². The molecule has 5 heteroatoms. The largest absolute Gasteiger partial charge is 0.481 e. The predicted molar refractivity (Wildman–Crippen MR) is 62.3 cm³/mol. The molecule has 0 rings (SSSR count). The zero-order valence-electron chi connectivity index (χ0n) is 9.82. The fraction of sp³-hybridized carbons (Fsp3) is 0.636. The van der Waals surface area contributed by atoms with Gasteiger partial charge in [0, 0.05) is 18.5 Å². The third-order valence-electron chi connectivity index (χ3n) is 2.12. The molecule has 92 valence electrons. The highest BCUT2D eigenvalue weighted by Crippen LogP contribution is 2.00. The Hall–Kier alpha value is -1.52. The summed E-state index contributed by atoms with van der Waals surface area (Å²) >= 11 is 0. The van der Waals surface area contributed by atoms with E-state index in [9.17, 15) is 9.59 Å². The molecule has 5 nitrogen and oxygen atoms in total. The summed E-state index contributed by atoms with van der Waals surface area (Å²) in [7, 11) is 0. The average Bonchev–Trinajstić information content (AvgIpc) is 2.16. The van der Waals surface area contributed by atoms with Crippen molar-refractivity contribution < 1.29 is 14.7 Å². The van der Waals surface area contributed by atoms with Gasteiger partial charge in [-0.15, -0.1) is 6.58 Å². The maximum absolute atomic E-state index is 11.3. The van der Waals surface area contributed by atoms with Crippen LogP contribution in [0.25, 0.3) is 0 Å². The number of hydrogen-bond donors (Lipinski definition) is 3. The predicted octanol–water partition coefficient (Wildman–Crippen LogP) is 1.50. The normalized spacial score (nSPS) is 13.6. The van der Waals surface area contributed by atoms with Crippen molar-refractivity contribution in [2.24, 2.45) is 0 Å². The van der Waals surface area contributed by atoms with Gasteiger partial charge in [0.15, 0.2) is 0 Å². The highest BCUT2D eigenvalue weighted by molar-refractivity contribution is 5.74. The van der Waals surface area contributed by atoms with Crippen LogP contribution in [0.3, 0.4) is 0 Å². The van der Waals surface area contributed by atoms with E-state index in [-0.39, 0.29) is 24.5 Å². The molecule has 3 N–H and O–H groups in total. The molecule has 0 spiro atoms. The summed E-state index contributed by atoms with van der Waals surface area (Å²) < 4.78 is 0. The molecule has 0 bridgehead atoms. The van der Waals surface area contributed by atoms with E-state index in [2.05, 4.69) is 17.2 Å². The lowest BCUT2D eigenvalue weighted by Gasteiger charge is -2.15. The van der Waals surface area contributed by atoms with E-state index in [4.69, 9.17) is 5.11 Å². The zero-order valence-corrected chi connectivity index (χ0v) is 9.82. The SMILES string of the molecule is C=CC(C)NC(=O)NC(C)CCCC(=O)O. The minimum atomic E-state index is -0.808. The number of hydrogen-bond acceptors (Lipinski definition) is 2. The van der Waals surface area contributed by atoms with E-state index in [1.165, 1.54) is 0 Å². The van der Waals surface area contributed by atoms with Crippen molar-refractivity contribution in [2.45, 2.75) is 45.2 Å². The van der Waals surface area contributed by atoms with Crippen LogP contribution in [-0.2, 0) is 4.79 Å². The molecule has 0 radical (unpaired) electrons. The maximum Gasteiger partial charge on any atom is 0.315 e. The van der Waals surface area contributed by atoms with Gasteiger partial charge in [-0.25, -0.2) is 4.79 Å². The van der Waals surface area contributed by atoms with Gasteiger partial charge < -0.3 is 15.7 Å². The number of carbonyl (C=O) groups is 2. The summed E-state index contributed by atoms with van der Waals surface area (Å²) in [6, 6.07) is -0.363. The number of carboxylic acid groups (broad SMARTS) is 1. The quantitative estimate of drug-likeness (QED) is 0.578. The Morgan fingerprint density at radius 2 is 2.00 bits per heavy atom. The van der Waals surface area contributed by atoms with Gasteiger partial charge in [0.25, 0.3) is 0 Å². The van der Waals surface area contributed by atoms with E-state index in [0.29, 0.717) is 12.8 Å². The first-order valence-corrected chi connectivity index (χ1v) is 5.37. The van der Waals surface area contributed by atoms with Crippen LogP contribution in [-0.4, -0.2) is 29.2 Å². The first kappa shape index (κ1) is 14.5. The van der Waals surface area contributed by atoms with Crippen molar-refractivity contribution in [3.05, 3.63) is 12.7 Å². The molecule has 0 fully saturated rings. The fourth-order valence-corrected chi connectivity index (χ4v) is 1.16. The molecule has 0 aliphatic carbocycles. The standard InChI is InChI=1S/C11H20N2O3/c1-4-8(2)12-11(16)13-9(3)6-5-7-10(14)15/h4,8-9H,1,5-7H2,2-3H3,(H,14,15)(H2,12,13,16). The Kier molecular flexibility index (Phi) is 7.00. The molecule has 0 heterocycles. The highest BCUT2D eigenvalue weighted by Gasteiger charge is 2.08. The van der Waals surface area contributed by atoms with Crippen molar-refractivity contribution in [2.75, 3.05) is 0 Å². The Labute approximate surface area is 95.9 Å². The number of rotatable bonds is 7. The van der Waals surface area contributed by atoms with Gasteiger partial charge in [-0.3, -0.25) is 4.79 Å². The van der Waals surface area contributed by atoms with Gasteiger partial charge in [-0.05, 0) is 26.7 Å². The van der Waals surface area contributed by atoms with Crippen LogP contribution in [0.1, 0.15) is 33.1 Å². The fourth-order valence-electron chi connectivity index (χ4n) is 1.16. The Morgan fingerprint density at radius 3 is 2.50 bits per heavy atom. The highest BCUT2D eigenvalue weighted by atomic mass is 16.4. The molecule has 2 amide bonds. The molecule has 2 atom stereocenters. The van der Waals surface area contributed by atoms with Crippen molar-refractivity contribution in [3.63, 3.8) is 0 Å². The summed E-state index contributed by atoms with van der Waals surface area (Å²) in [4.78, 5) is 21.6. The molecule has 0 saturated carbocycles. The van der Waals surface area contributed by atoms with E-state index in [1.807, 2.05) is 13.8 Å². The van der Waals surface area contributed by atoms with Crippen LogP contribution in [0.4, 0.5) is 4.79 Å². The number of urea groups is 1. The molecule has 0 aromatic carbocycles. The average molecular weight is 228 g/mol. The van der Waals surface area contributed by atoms with Crippen molar-refractivity contribution in [1.29, 1.82) is 0 Å². The number of nitrogens with one attached hydrogen (secondary N) is 2. The molecule has 2 unspecified atom stereocenters. The Balaban J connectivity index is 3.69. The van der Waals surface area contributed by atoms with Gasteiger partial charge in [0.1, 0.15) is 0 Å². The third-order valence-corrected chi connectivity index (χ3v) is 2.12. The summed E-state index contributed by atoms with van der Waals surface area (Å²) in [6.45, 7) is 7.22. The van der Waals surface area contributed by atoms with Crippen LogP contribution in [0.15, 0.2) is 12.7 Å². The molecule has 0 aliphatic rings. The second kappa shape index (κ2) is 7.73. The Morgan fingerprint density at radius 1 is 1.38 bits per heavy atom. The van der Waals surface area contributed by atoms with Gasteiger partial charge in [0.05, 0.1) is 0 Å². The van der Waals surface area contributed by atoms with Crippen LogP contribution in [0.5, 0.6) is 0 Å². The van der Waals surface area contributed by atoms with E-state index < -0.39 is 5.97 Å². The van der Waals surface area contributed by atoms with E-state index >= 15 is 0 Å². The number of carbonyl (C=O) groups excluding carboxylic acids is 1. The van der Waals surface area contributed by atoms with Crippen molar-refractivity contribution in [1.82, 2.24) is 10.6 Å². The first-order valence-electron chi connectivity index (χ1n) is 5.37. The molecule has 0 aromatic heterocycles. The number of amides is 2. The van der Waals surface area contributed by atoms with Gasteiger partial charge >= 0.3 is 12.0 Å². The minimum absolute atomic E-state index is 0.0311. The number of carboxylic acids is 1. The van der Waals surface area contributed by atoms with Crippen LogP contribution in [0, 0.1) is 0 Å². The lowest BCUT2D eigenvalue weighted by molar-refractivity contribution is -0.137. The van der Waals surface area contributed by atoms with Gasteiger partial charge in [-0.2, -0.15) is 0 Å². The lowest BCUT2D eigenvalue weighted by Crippen LogP contribution is -2.43. The molecule has 0 aromatic rings. The van der Waals surface area contributed by atoms with E-state index in [1.54, 1.807) is 6.08 Å². The van der Waals surface area contributed by atoms with Crippen molar-refractivity contribution in [3.8, 4) is 0 Å². The topological polar surface area (TPSA) is 78.4 Å². The maximum atomic E-state index is 11.3. The molecule has 0 aliphatic heterocycles. The van der Waals surface area contributed by atoms with E-state index in [0.717, 1.165) is 0 Å². The molecular formula is C11H20N2O3. The first-order chi connectivity index (χ1) is 7.45. The molecule has 16 heavy (non-hydrogen) atoms. The van der Waals surface area contributed by atoms with Gasteiger partial charge in [0.2, 0.25) is 0 Å². The summed E-state index contributed by atoms with van der Waals surface area (Å²) in [5, 5.41) is 13.9. The lowest BCUT2D eigenvalue weighted by atomic mass is 10.1. The molecular weight excluding hydrogens is 208 g/mol. The summed E-state index contributed by atoms with van der Waals surface area (Å²) in [5.74, 6) is -0.808.